The molecule has 0 aliphatic rings. The van der Waals surface area contributed by atoms with E-state index in [1.807, 2.05) is 12.1 Å². The van der Waals surface area contributed by atoms with E-state index in [-0.39, 0.29) is 0 Å². The summed E-state index contributed by atoms with van der Waals surface area (Å²) in [6, 6.07) is 67.0. The third-order valence-corrected chi connectivity index (χ3v) is 9.27. The molecule has 48 heavy (non-hydrogen) atoms. The normalized spacial score (nSPS) is 11.3. The fourth-order valence-electron chi connectivity index (χ4n) is 6.96. The Balaban J connectivity index is 1.18. The molecule has 2 nitrogen and oxygen atoms in total. The Morgan fingerprint density at radius 2 is 0.979 bits per heavy atom. The van der Waals surface area contributed by atoms with Crippen LogP contribution in [0.1, 0.15) is 0 Å². The second kappa shape index (κ2) is 11.8. The van der Waals surface area contributed by atoms with Gasteiger partial charge in [-0.05, 0) is 87.1 Å². The number of furan rings is 1. The second-order valence-corrected chi connectivity index (χ2v) is 12.2. The van der Waals surface area contributed by atoms with Gasteiger partial charge in [0.1, 0.15) is 11.2 Å². The number of hydrogen-bond acceptors (Lipinski definition) is 2. The van der Waals surface area contributed by atoms with E-state index in [4.69, 9.17) is 4.42 Å². The molecule has 2 heteroatoms. The molecule has 0 aliphatic carbocycles. The fraction of sp³-hybridized carbons (Fsp3) is 0. The molecule has 0 aliphatic heterocycles. The Labute approximate surface area is 279 Å². The summed E-state index contributed by atoms with van der Waals surface area (Å²) in [7, 11) is 0. The number of fused-ring (bicyclic) bond motifs is 4. The van der Waals surface area contributed by atoms with Crippen LogP contribution in [0.25, 0.3) is 66.1 Å². The molecule has 226 valence electrons. The minimum Gasteiger partial charge on any atom is -0.456 e. The molecular formula is C46H31NO. The molecular weight excluding hydrogens is 583 g/mol. The van der Waals surface area contributed by atoms with Crippen molar-refractivity contribution in [1.29, 1.82) is 0 Å². The van der Waals surface area contributed by atoms with Crippen LogP contribution in [0.3, 0.4) is 0 Å². The standard InChI is InChI=1S/C46H31NO/c1-2-12-34(13-3-1)41-19-6-8-22-44(41)47(38-17-10-16-36(30-38)40-21-11-15-33-14-4-5-18-39(33)40)37-27-24-32(25-28-37)35-26-29-43-42-20-7-9-23-45(42)48-46(43)31-35/h1-31H. The van der Waals surface area contributed by atoms with Gasteiger partial charge in [-0.15, -0.1) is 0 Å². The summed E-state index contributed by atoms with van der Waals surface area (Å²) in [5.74, 6) is 0. The van der Waals surface area contributed by atoms with E-state index in [1.165, 1.54) is 33.0 Å². The van der Waals surface area contributed by atoms with Gasteiger partial charge in [0.25, 0.3) is 0 Å². The van der Waals surface area contributed by atoms with Crippen molar-refractivity contribution in [1.82, 2.24) is 0 Å². The summed E-state index contributed by atoms with van der Waals surface area (Å²) in [4.78, 5) is 2.38. The highest BCUT2D eigenvalue weighted by molar-refractivity contribution is 6.06. The highest BCUT2D eigenvalue weighted by atomic mass is 16.3. The fourth-order valence-corrected chi connectivity index (χ4v) is 6.96. The highest BCUT2D eigenvalue weighted by Crippen LogP contribution is 2.43. The van der Waals surface area contributed by atoms with Crippen molar-refractivity contribution in [2.24, 2.45) is 0 Å². The molecule has 0 fully saturated rings. The molecule has 1 aromatic heterocycles. The molecule has 0 radical (unpaired) electrons. The summed E-state index contributed by atoms with van der Waals surface area (Å²) in [6.07, 6.45) is 0. The third kappa shape index (κ3) is 4.92. The number of hydrogen-bond donors (Lipinski definition) is 0. The van der Waals surface area contributed by atoms with Crippen LogP contribution in [0, 0.1) is 0 Å². The van der Waals surface area contributed by atoms with Gasteiger partial charge < -0.3 is 9.32 Å². The van der Waals surface area contributed by atoms with Crippen LogP contribution in [0.2, 0.25) is 0 Å². The van der Waals surface area contributed by atoms with E-state index in [2.05, 4.69) is 181 Å². The number of anilines is 3. The van der Waals surface area contributed by atoms with E-state index in [9.17, 15) is 0 Å². The van der Waals surface area contributed by atoms with E-state index in [0.29, 0.717) is 0 Å². The molecule has 1 heterocycles. The van der Waals surface area contributed by atoms with Crippen molar-refractivity contribution in [2.75, 3.05) is 4.90 Å². The quantitative estimate of drug-likeness (QED) is 0.185. The molecule has 0 atom stereocenters. The number of para-hydroxylation sites is 2. The zero-order chi connectivity index (χ0) is 31.9. The largest absolute Gasteiger partial charge is 0.456 e. The first-order valence-electron chi connectivity index (χ1n) is 16.3. The summed E-state index contributed by atoms with van der Waals surface area (Å²) in [6.45, 7) is 0. The van der Waals surface area contributed by atoms with Crippen LogP contribution >= 0.6 is 0 Å². The summed E-state index contributed by atoms with van der Waals surface area (Å²) in [5, 5.41) is 4.77. The summed E-state index contributed by atoms with van der Waals surface area (Å²) >= 11 is 0. The molecule has 0 bridgehead atoms. The molecule has 0 unspecified atom stereocenters. The van der Waals surface area contributed by atoms with Crippen LogP contribution in [0.15, 0.2) is 192 Å². The van der Waals surface area contributed by atoms with Crippen LogP contribution < -0.4 is 4.90 Å². The molecule has 0 saturated heterocycles. The number of nitrogens with zero attached hydrogens (tertiary/aromatic N) is 1. The van der Waals surface area contributed by atoms with Crippen molar-refractivity contribution < 1.29 is 4.42 Å². The highest BCUT2D eigenvalue weighted by Gasteiger charge is 2.18. The predicted octanol–water partition coefficient (Wildman–Crippen LogP) is 13.2. The minimum atomic E-state index is 0.904. The average molecular weight is 614 g/mol. The maximum Gasteiger partial charge on any atom is 0.136 e. The Bertz CT molecular complexity index is 2560. The predicted molar refractivity (Wildman–Crippen MR) is 202 cm³/mol. The Kier molecular flexibility index (Phi) is 6.84. The molecule has 0 amide bonds. The van der Waals surface area contributed by atoms with E-state index < -0.39 is 0 Å². The van der Waals surface area contributed by atoms with Crippen LogP contribution in [0.4, 0.5) is 17.1 Å². The van der Waals surface area contributed by atoms with Gasteiger partial charge in [-0.2, -0.15) is 0 Å². The van der Waals surface area contributed by atoms with Crippen LogP contribution in [0.5, 0.6) is 0 Å². The van der Waals surface area contributed by atoms with E-state index in [1.54, 1.807) is 0 Å². The summed E-state index contributed by atoms with van der Waals surface area (Å²) in [5.41, 5.74) is 12.2. The third-order valence-electron chi connectivity index (χ3n) is 9.27. The molecule has 8 aromatic carbocycles. The monoisotopic (exact) mass is 613 g/mol. The van der Waals surface area contributed by atoms with Crippen molar-refractivity contribution in [3.05, 3.63) is 188 Å². The van der Waals surface area contributed by atoms with Gasteiger partial charge in [-0.3, -0.25) is 0 Å². The SMILES string of the molecule is c1ccc(-c2ccccc2N(c2ccc(-c3ccc4c(c3)oc3ccccc34)cc2)c2cccc(-c3cccc4ccccc34)c2)cc1. The second-order valence-electron chi connectivity index (χ2n) is 12.2. The Morgan fingerprint density at radius 1 is 0.333 bits per heavy atom. The first-order valence-corrected chi connectivity index (χ1v) is 16.3. The molecule has 0 saturated carbocycles. The topological polar surface area (TPSA) is 16.4 Å². The van der Waals surface area contributed by atoms with E-state index >= 15 is 0 Å². The van der Waals surface area contributed by atoms with Gasteiger partial charge in [-0.25, -0.2) is 0 Å². The molecule has 9 aromatic rings. The van der Waals surface area contributed by atoms with Crippen LogP contribution in [-0.2, 0) is 0 Å². The minimum absolute atomic E-state index is 0.904. The first-order chi connectivity index (χ1) is 23.8. The van der Waals surface area contributed by atoms with Gasteiger partial charge in [0.2, 0.25) is 0 Å². The lowest BCUT2D eigenvalue weighted by molar-refractivity contribution is 0.669. The van der Waals surface area contributed by atoms with Crippen molar-refractivity contribution in [3.63, 3.8) is 0 Å². The van der Waals surface area contributed by atoms with Gasteiger partial charge in [0.15, 0.2) is 0 Å². The number of benzene rings is 8. The zero-order valence-corrected chi connectivity index (χ0v) is 26.3. The van der Waals surface area contributed by atoms with Crippen molar-refractivity contribution in [2.45, 2.75) is 0 Å². The van der Waals surface area contributed by atoms with Gasteiger partial charge >= 0.3 is 0 Å². The van der Waals surface area contributed by atoms with Crippen LogP contribution in [-0.4, -0.2) is 0 Å². The zero-order valence-electron chi connectivity index (χ0n) is 26.3. The number of rotatable bonds is 6. The van der Waals surface area contributed by atoms with Crippen molar-refractivity contribution >= 4 is 49.8 Å². The molecule has 9 rings (SSSR count). The molecule has 0 spiro atoms. The Hall–Kier alpha value is -6.38. The lowest BCUT2D eigenvalue weighted by atomic mass is 9.97. The average Bonchev–Trinajstić information content (AvgIpc) is 3.54. The van der Waals surface area contributed by atoms with Gasteiger partial charge in [0, 0.05) is 27.7 Å². The van der Waals surface area contributed by atoms with Gasteiger partial charge in [-0.1, -0.05) is 140 Å². The van der Waals surface area contributed by atoms with Gasteiger partial charge in [0.05, 0.1) is 5.69 Å². The lowest BCUT2D eigenvalue weighted by Gasteiger charge is -2.28. The molecule has 0 N–H and O–H groups in total. The first kappa shape index (κ1) is 27.9. The smallest absolute Gasteiger partial charge is 0.136 e. The lowest BCUT2D eigenvalue weighted by Crippen LogP contribution is -2.11. The maximum absolute atomic E-state index is 6.21. The summed E-state index contributed by atoms with van der Waals surface area (Å²) < 4.78 is 6.21. The Morgan fingerprint density at radius 3 is 1.88 bits per heavy atom. The maximum atomic E-state index is 6.21. The van der Waals surface area contributed by atoms with Crippen molar-refractivity contribution in [3.8, 4) is 33.4 Å². The van der Waals surface area contributed by atoms with E-state index in [0.717, 1.165) is 50.1 Å².